The van der Waals surface area contributed by atoms with E-state index in [1.54, 1.807) is 24.3 Å². The molecule has 2 aliphatic heterocycles. The number of nitrogens with zero attached hydrogens (tertiary/aromatic N) is 2. The average Bonchev–Trinajstić information content (AvgIpc) is 2.88. The first-order valence-electron chi connectivity index (χ1n) is 11.5. The van der Waals surface area contributed by atoms with Crippen LogP contribution in [0.25, 0.3) is 11.1 Å². The van der Waals surface area contributed by atoms with Crippen LogP contribution in [0.5, 0.6) is 11.5 Å². The van der Waals surface area contributed by atoms with Gasteiger partial charge < -0.3 is 14.8 Å². The fourth-order valence-corrected chi connectivity index (χ4v) is 5.76. The molecule has 1 saturated heterocycles. The highest BCUT2D eigenvalue weighted by Gasteiger charge is 2.32. The molecule has 0 bridgehead atoms. The summed E-state index contributed by atoms with van der Waals surface area (Å²) in [5.41, 5.74) is 0.943. The Morgan fingerprint density at radius 2 is 1.56 bits per heavy atom. The third-order valence-electron chi connectivity index (χ3n) is 6.26. The fourth-order valence-electron chi connectivity index (χ4n) is 4.29. The topological polar surface area (TPSA) is 80.8 Å². The van der Waals surface area contributed by atoms with Crippen LogP contribution in [0.1, 0.15) is 18.4 Å². The van der Waals surface area contributed by atoms with Crippen LogP contribution in [-0.4, -0.2) is 50.1 Å². The number of piperidine rings is 1. The summed E-state index contributed by atoms with van der Waals surface area (Å²) >= 11 is 0. The van der Waals surface area contributed by atoms with Gasteiger partial charge in [-0.05, 0) is 60.4 Å². The van der Waals surface area contributed by atoms with Gasteiger partial charge in [-0.25, -0.2) is 13.4 Å². The van der Waals surface area contributed by atoms with Gasteiger partial charge in [-0.3, -0.25) is 0 Å². The van der Waals surface area contributed by atoms with Crippen molar-refractivity contribution in [2.24, 2.45) is 0 Å². The van der Waals surface area contributed by atoms with Crippen LogP contribution >= 0.6 is 0 Å². The molecule has 11 heteroatoms. The number of sulfonamides is 1. The van der Waals surface area contributed by atoms with Crippen molar-refractivity contribution in [1.29, 1.82) is 0 Å². The molecule has 36 heavy (non-hydrogen) atoms. The predicted octanol–water partition coefficient (Wildman–Crippen LogP) is 4.80. The van der Waals surface area contributed by atoms with Crippen molar-refractivity contribution in [1.82, 2.24) is 9.29 Å². The normalized spacial score (nSPS) is 17.1. The van der Waals surface area contributed by atoms with Gasteiger partial charge in [0.1, 0.15) is 19.0 Å². The van der Waals surface area contributed by atoms with E-state index in [-0.39, 0.29) is 10.9 Å². The molecule has 0 saturated carbocycles. The molecule has 0 amide bonds. The molecular weight excluding hydrogens is 495 g/mol. The van der Waals surface area contributed by atoms with Crippen molar-refractivity contribution < 1.29 is 31.1 Å². The first-order valence-corrected chi connectivity index (χ1v) is 12.9. The molecule has 3 heterocycles. The van der Waals surface area contributed by atoms with Crippen molar-refractivity contribution >= 4 is 15.8 Å². The Labute approximate surface area is 206 Å². The highest BCUT2D eigenvalue weighted by molar-refractivity contribution is 7.89. The Bertz CT molecular complexity index is 1320. The molecule has 0 atom stereocenters. The maximum atomic E-state index is 13.2. The molecule has 0 radical (unpaired) electrons. The third-order valence-corrected chi connectivity index (χ3v) is 8.18. The Hall–Kier alpha value is -3.31. The van der Waals surface area contributed by atoms with Gasteiger partial charge in [0.15, 0.2) is 11.5 Å². The number of halogens is 3. The summed E-state index contributed by atoms with van der Waals surface area (Å²) in [7, 11) is -3.67. The number of hydrogen-bond acceptors (Lipinski definition) is 6. The monoisotopic (exact) mass is 519 g/mol. The molecule has 3 aromatic rings. The fraction of sp³-hybridized carbons (Fsp3) is 0.320. The average molecular weight is 520 g/mol. The number of ether oxygens (including phenoxy) is 2. The zero-order chi connectivity index (χ0) is 25.3. The van der Waals surface area contributed by atoms with E-state index in [0.29, 0.717) is 56.5 Å². The molecule has 0 aliphatic carbocycles. The molecule has 2 aromatic carbocycles. The number of alkyl halides is 3. The third kappa shape index (κ3) is 5.12. The van der Waals surface area contributed by atoms with E-state index >= 15 is 0 Å². The van der Waals surface area contributed by atoms with Gasteiger partial charge in [0.05, 0.1) is 10.5 Å². The quantitative estimate of drug-likeness (QED) is 0.522. The number of pyridine rings is 1. The summed E-state index contributed by atoms with van der Waals surface area (Å²) in [4.78, 5) is 4.04. The van der Waals surface area contributed by atoms with E-state index in [1.807, 2.05) is 18.2 Å². The van der Waals surface area contributed by atoms with Gasteiger partial charge in [-0.2, -0.15) is 17.5 Å². The lowest BCUT2D eigenvalue weighted by atomic mass is 10.1. The smallest absolute Gasteiger partial charge is 0.417 e. The lowest BCUT2D eigenvalue weighted by Gasteiger charge is -2.32. The minimum atomic E-state index is -4.44. The van der Waals surface area contributed by atoms with E-state index in [0.717, 1.165) is 23.4 Å². The van der Waals surface area contributed by atoms with Crippen molar-refractivity contribution in [2.75, 3.05) is 31.6 Å². The van der Waals surface area contributed by atoms with Gasteiger partial charge in [-0.1, -0.05) is 18.2 Å². The molecular formula is C25H24F3N3O4S. The van der Waals surface area contributed by atoms with Crippen LogP contribution in [0.2, 0.25) is 0 Å². The van der Waals surface area contributed by atoms with Crippen LogP contribution < -0.4 is 14.8 Å². The summed E-state index contributed by atoms with van der Waals surface area (Å²) in [6.07, 6.45) is -2.63. The van der Waals surface area contributed by atoms with E-state index < -0.39 is 21.8 Å². The van der Waals surface area contributed by atoms with Crippen LogP contribution in [0, 0.1) is 0 Å². The maximum absolute atomic E-state index is 13.2. The summed E-state index contributed by atoms with van der Waals surface area (Å²) in [6, 6.07) is 14.5. The molecule has 2 aliphatic rings. The standard InChI is InChI=1S/C25H24F3N3O4S/c26-25(27,28)19-4-8-24(29-16-19)30-20-9-11-31(12-10-20)36(32,33)21-5-1-17(2-6-21)18-3-7-22-23(15-18)35-14-13-34-22/h1-8,15-16,20H,9-14H2,(H,29,30). The van der Waals surface area contributed by atoms with Crippen LogP contribution in [0.15, 0.2) is 65.7 Å². The minimum Gasteiger partial charge on any atom is -0.486 e. The van der Waals surface area contributed by atoms with Crippen LogP contribution in [-0.2, 0) is 16.2 Å². The van der Waals surface area contributed by atoms with Gasteiger partial charge in [-0.15, -0.1) is 0 Å². The number of fused-ring (bicyclic) bond motifs is 1. The highest BCUT2D eigenvalue weighted by atomic mass is 32.2. The molecule has 7 nitrogen and oxygen atoms in total. The second-order valence-corrected chi connectivity index (χ2v) is 10.6. The van der Waals surface area contributed by atoms with Crippen molar-refractivity contribution in [3.05, 3.63) is 66.4 Å². The minimum absolute atomic E-state index is 0.0849. The number of hydrogen-bond donors (Lipinski definition) is 1. The van der Waals surface area contributed by atoms with Crippen molar-refractivity contribution in [2.45, 2.75) is 30.0 Å². The molecule has 1 N–H and O–H groups in total. The van der Waals surface area contributed by atoms with E-state index in [1.165, 1.54) is 10.4 Å². The number of benzene rings is 2. The second kappa shape index (κ2) is 9.62. The number of rotatable bonds is 5. The summed E-state index contributed by atoms with van der Waals surface area (Å²) in [5.74, 6) is 1.69. The van der Waals surface area contributed by atoms with Gasteiger partial charge in [0.25, 0.3) is 0 Å². The zero-order valence-electron chi connectivity index (χ0n) is 19.2. The Balaban J connectivity index is 1.21. The lowest BCUT2D eigenvalue weighted by Crippen LogP contribution is -2.42. The number of nitrogens with one attached hydrogen (secondary N) is 1. The highest BCUT2D eigenvalue weighted by Crippen LogP contribution is 2.35. The first-order chi connectivity index (χ1) is 17.2. The largest absolute Gasteiger partial charge is 0.486 e. The summed E-state index contributed by atoms with van der Waals surface area (Å²) in [5, 5.41) is 3.10. The molecule has 190 valence electrons. The maximum Gasteiger partial charge on any atom is 0.417 e. The molecule has 1 fully saturated rings. The molecule has 5 rings (SSSR count). The number of anilines is 1. The second-order valence-electron chi connectivity index (χ2n) is 8.64. The van der Waals surface area contributed by atoms with Gasteiger partial charge in [0, 0.05) is 25.3 Å². The predicted molar refractivity (Wildman–Crippen MR) is 128 cm³/mol. The van der Waals surface area contributed by atoms with Crippen LogP contribution in [0.4, 0.5) is 19.0 Å². The zero-order valence-corrected chi connectivity index (χ0v) is 20.0. The first kappa shape index (κ1) is 24.4. The van der Waals surface area contributed by atoms with Crippen LogP contribution in [0.3, 0.4) is 0 Å². The molecule has 0 unspecified atom stereocenters. The SMILES string of the molecule is O=S(=O)(c1ccc(-c2ccc3c(c2)OCCO3)cc1)N1CCC(Nc2ccc(C(F)(F)F)cn2)CC1. The van der Waals surface area contributed by atoms with Gasteiger partial charge in [0.2, 0.25) is 10.0 Å². The van der Waals surface area contributed by atoms with Crippen molar-refractivity contribution in [3.8, 4) is 22.6 Å². The lowest BCUT2D eigenvalue weighted by molar-refractivity contribution is -0.137. The summed E-state index contributed by atoms with van der Waals surface area (Å²) in [6.45, 7) is 1.59. The summed E-state index contributed by atoms with van der Waals surface area (Å²) < 4.78 is 77.1. The van der Waals surface area contributed by atoms with E-state index in [9.17, 15) is 21.6 Å². The molecule has 1 aromatic heterocycles. The Kier molecular flexibility index (Phi) is 6.52. The van der Waals surface area contributed by atoms with E-state index in [2.05, 4.69) is 10.3 Å². The van der Waals surface area contributed by atoms with Gasteiger partial charge >= 0.3 is 6.18 Å². The number of aromatic nitrogens is 1. The van der Waals surface area contributed by atoms with E-state index in [4.69, 9.17) is 9.47 Å². The Morgan fingerprint density at radius 1 is 0.889 bits per heavy atom. The van der Waals surface area contributed by atoms with Crippen molar-refractivity contribution in [3.63, 3.8) is 0 Å². The molecule has 0 spiro atoms. The Morgan fingerprint density at radius 3 is 2.19 bits per heavy atom.